The van der Waals surface area contributed by atoms with Crippen LogP contribution in [0.25, 0.3) is 0 Å². The highest BCUT2D eigenvalue weighted by atomic mass is 35.5. The molecular weight excluding hydrogens is 298 g/mol. The van der Waals surface area contributed by atoms with Crippen LogP contribution in [0.1, 0.15) is 33.4 Å². The van der Waals surface area contributed by atoms with E-state index in [0.29, 0.717) is 0 Å². The van der Waals surface area contributed by atoms with Gasteiger partial charge in [0.25, 0.3) is 0 Å². The molecule has 5 nitrogen and oxygen atoms in total. The van der Waals surface area contributed by atoms with E-state index < -0.39 is 0 Å². The number of halogens is 1. The second kappa shape index (κ2) is 8.44. The van der Waals surface area contributed by atoms with Gasteiger partial charge in [0, 0.05) is 44.6 Å². The zero-order valence-electron chi connectivity index (χ0n) is 14.7. The Morgan fingerprint density at radius 3 is 2.59 bits per heavy atom. The number of rotatable bonds is 6. The highest BCUT2D eigenvalue weighted by Gasteiger charge is 2.10. The molecule has 0 bridgehead atoms. The molecule has 0 aromatic carbocycles. The first-order chi connectivity index (χ1) is 10.2. The van der Waals surface area contributed by atoms with Gasteiger partial charge in [0.1, 0.15) is 0 Å². The van der Waals surface area contributed by atoms with Crippen molar-refractivity contribution in [3.63, 3.8) is 0 Å². The maximum absolute atomic E-state index is 6.04. The van der Waals surface area contributed by atoms with Crippen molar-refractivity contribution in [2.45, 2.75) is 39.8 Å². The number of nitrogens with zero attached hydrogens (tertiary/aromatic N) is 3. The molecule has 126 valence electrons. The molecule has 22 heavy (non-hydrogen) atoms. The summed E-state index contributed by atoms with van der Waals surface area (Å²) in [6.45, 7) is 11.8. The molecule has 0 aliphatic rings. The Kier molecular flexibility index (Phi) is 7.23. The number of hydrogen-bond donors (Lipinski definition) is 2. The zero-order valence-corrected chi connectivity index (χ0v) is 15.5. The number of aromatic nitrogens is 1. The van der Waals surface area contributed by atoms with E-state index >= 15 is 0 Å². The van der Waals surface area contributed by atoms with Gasteiger partial charge in [0.05, 0.1) is 18.1 Å². The van der Waals surface area contributed by atoms with Crippen molar-refractivity contribution in [3.8, 4) is 0 Å². The molecule has 0 aliphatic heterocycles. The van der Waals surface area contributed by atoms with Crippen molar-refractivity contribution in [3.05, 3.63) is 23.0 Å². The van der Waals surface area contributed by atoms with Gasteiger partial charge >= 0.3 is 0 Å². The average Bonchev–Trinajstić information content (AvgIpc) is 2.70. The van der Waals surface area contributed by atoms with Crippen LogP contribution in [0, 0.1) is 0 Å². The van der Waals surface area contributed by atoms with Crippen molar-refractivity contribution >= 4 is 17.6 Å². The van der Waals surface area contributed by atoms with Crippen LogP contribution in [0.5, 0.6) is 0 Å². The first-order valence-corrected chi connectivity index (χ1v) is 8.16. The van der Waals surface area contributed by atoms with Gasteiger partial charge in [-0.15, -0.1) is 0 Å². The van der Waals surface area contributed by atoms with Gasteiger partial charge in [-0.2, -0.15) is 0 Å². The molecule has 1 rings (SSSR count). The monoisotopic (exact) mass is 327 g/mol. The van der Waals surface area contributed by atoms with E-state index in [1.807, 2.05) is 30.9 Å². The molecule has 0 fully saturated rings. The minimum Gasteiger partial charge on any atom is -0.357 e. The van der Waals surface area contributed by atoms with Crippen molar-refractivity contribution in [2.24, 2.45) is 12.0 Å². The lowest BCUT2D eigenvalue weighted by Gasteiger charge is -2.23. The maximum atomic E-state index is 6.04. The Bertz CT molecular complexity index is 487. The summed E-state index contributed by atoms with van der Waals surface area (Å²) in [7, 11) is 4.05. The number of aryl methyl sites for hydroxylation is 1. The molecule has 1 aromatic heterocycles. The minimum atomic E-state index is 0.125. The van der Waals surface area contributed by atoms with Crippen molar-refractivity contribution in [2.75, 3.05) is 26.7 Å². The van der Waals surface area contributed by atoms with E-state index in [1.165, 1.54) is 0 Å². The summed E-state index contributed by atoms with van der Waals surface area (Å²) in [5, 5.41) is 7.54. The maximum Gasteiger partial charge on any atom is 0.194 e. The van der Waals surface area contributed by atoms with E-state index in [1.54, 1.807) is 0 Å². The molecule has 0 spiro atoms. The number of aliphatic imine (C=N–C) groups is 1. The van der Waals surface area contributed by atoms with E-state index in [-0.39, 0.29) is 5.54 Å². The molecular formula is C16H30ClN5. The number of nitrogens with one attached hydrogen (secondary N) is 2. The summed E-state index contributed by atoms with van der Waals surface area (Å²) in [4.78, 5) is 6.79. The average molecular weight is 328 g/mol. The molecule has 0 aliphatic carbocycles. The SMILES string of the molecule is CCNC(=NCCNC(C)(C)C)N(C)Cc1cc(Cl)cn1C. The predicted octanol–water partition coefficient (Wildman–Crippen LogP) is 2.46. The molecule has 1 heterocycles. The van der Waals surface area contributed by atoms with Crippen molar-refractivity contribution in [1.82, 2.24) is 20.1 Å². The fourth-order valence-electron chi connectivity index (χ4n) is 2.10. The second-order valence-corrected chi connectivity index (χ2v) is 6.97. The fourth-order valence-corrected chi connectivity index (χ4v) is 2.38. The van der Waals surface area contributed by atoms with Gasteiger partial charge in [-0.3, -0.25) is 4.99 Å². The third-order valence-corrected chi connectivity index (χ3v) is 3.41. The lowest BCUT2D eigenvalue weighted by atomic mass is 10.1. The van der Waals surface area contributed by atoms with Crippen LogP contribution in [-0.2, 0) is 13.6 Å². The van der Waals surface area contributed by atoms with E-state index in [9.17, 15) is 0 Å². The molecule has 0 atom stereocenters. The van der Waals surface area contributed by atoms with Crippen LogP contribution in [0.2, 0.25) is 5.02 Å². The third-order valence-electron chi connectivity index (χ3n) is 3.20. The van der Waals surface area contributed by atoms with Crippen LogP contribution < -0.4 is 10.6 Å². The Hall–Kier alpha value is -1.20. The smallest absolute Gasteiger partial charge is 0.194 e. The Labute approximate surface area is 139 Å². The van der Waals surface area contributed by atoms with Gasteiger partial charge in [-0.1, -0.05) is 11.6 Å². The highest BCUT2D eigenvalue weighted by Crippen LogP contribution is 2.14. The van der Waals surface area contributed by atoms with Crippen LogP contribution in [0.3, 0.4) is 0 Å². The van der Waals surface area contributed by atoms with Crippen LogP contribution >= 0.6 is 11.6 Å². The standard InChI is InChI=1S/C16H30ClN5/c1-7-18-15(19-8-9-20-16(2,3)4)22(6)12-14-10-13(17)11-21(14)5/h10-11,20H,7-9,12H2,1-6H3,(H,18,19). The number of guanidine groups is 1. The van der Waals surface area contributed by atoms with Gasteiger partial charge in [-0.05, 0) is 33.8 Å². The summed E-state index contributed by atoms with van der Waals surface area (Å²) >= 11 is 6.04. The van der Waals surface area contributed by atoms with Gasteiger partial charge in [0.15, 0.2) is 5.96 Å². The number of hydrogen-bond acceptors (Lipinski definition) is 2. The lowest BCUT2D eigenvalue weighted by molar-refractivity contribution is 0.429. The van der Waals surface area contributed by atoms with Crippen LogP contribution in [-0.4, -0.2) is 47.6 Å². The Balaban J connectivity index is 2.62. The van der Waals surface area contributed by atoms with Crippen molar-refractivity contribution < 1.29 is 0 Å². The zero-order chi connectivity index (χ0) is 16.8. The van der Waals surface area contributed by atoms with Crippen LogP contribution in [0.4, 0.5) is 0 Å². The van der Waals surface area contributed by atoms with Gasteiger partial charge in [0.2, 0.25) is 0 Å². The molecule has 0 saturated carbocycles. The fraction of sp³-hybridized carbons (Fsp3) is 0.688. The summed E-state index contributed by atoms with van der Waals surface area (Å²) in [6, 6.07) is 1.99. The molecule has 0 radical (unpaired) electrons. The topological polar surface area (TPSA) is 44.6 Å². The Morgan fingerprint density at radius 2 is 2.09 bits per heavy atom. The van der Waals surface area contributed by atoms with E-state index in [2.05, 4.69) is 48.2 Å². The van der Waals surface area contributed by atoms with E-state index in [0.717, 1.165) is 42.9 Å². The van der Waals surface area contributed by atoms with Crippen LogP contribution in [0.15, 0.2) is 17.3 Å². The normalized spacial score (nSPS) is 12.6. The van der Waals surface area contributed by atoms with Gasteiger partial charge in [-0.25, -0.2) is 0 Å². The molecule has 0 unspecified atom stereocenters. The molecule has 0 saturated heterocycles. The molecule has 6 heteroatoms. The largest absolute Gasteiger partial charge is 0.357 e. The second-order valence-electron chi connectivity index (χ2n) is 6.53. The first-order valence-electron chi connectivity index (χ1n) is 7.78. The summed E-state index contributed by atoms with van der Waals surface area (Å²) in [5.41, 5.74) is 1.28. The van der Waals surface area contributed by atoms with Gasteiger partial charge < -0.3 is 20.1 Å². The van der Waals surface area contributed by atoms with Crippen molar-refractivity contribution in [1.29, 1.82) is 0 Å². The summed E-state index contributed by atoms with van der Waals surface area (Å²) in [6.07, 6.45) is 1.92. The predicted molar refractivity (Wildman–Crippen MR) is 95.6 cm³/mol. The summed E-state index contributed by atoms with van der Waals surface area (Å²) in [5.74, 6) is 0.913. The molecule has 0 amide bonds. The third kappa shape index (κ3) is 6.71. The highest BCUT2D eigenvalue weighted by molar-refractivity contribution is 6.30. The minimum absolute atomic E-state index is 0.125. The lowest BCUT2D eigenvalue weighted by Crippen LogP contribution is -2.40. The quantitative estimate of drug-likeness (QED) is 0.479. The Morgan fingerprint density at radius 1 is 1.41 bits per heavy atom. The molecule has 2 N–H and O–H groups in total. The summed E-state index contributed by atoms with van der Waals surface area (Å²) < 4.78 is 2.05. The van der Waals surface area contributed by atoms with E-state index in [4.69, 9.17) is 11.6 Å². The molecule has 1 aromatic rings. The first kappa shape index (κ1) is 18.8.